The number of carbonyl (C=O) groups is 1. The Morgan fingerprint density at radius 1 is 1.14 bits per heavy atom. The molecule has 0 saturated heterocycles. The molecule has 0 bridgehead atoms. The van der Waals surface area contributed by atoms with E-state index in [1.54, 1.807) is 0 Å². The molecular weight excluding hydrogens is 260 g/mol. The highest BCUT2D eigenvalue weighted by molar-refractivity contribution is 5.90. The summed E-state index contributed by atoms with van der Waals surface area (Å²) in [5.74, 6) is -0.381. The van der Waals surface area contributed by atoms with E-state index in [1.807, 2.05) is 30.3 Å². The zero-order valence-electron chi connectivity index (χ0n) is 11.5. The number of nitrogens with two attached hydrogens (primary N) is 1. The van der Waals surface area contributed by atoms with E-state index in [2.05, 4.69) is 35.7 Å². The van der Waals surface area contributed by atoms with Crippen molar-refractivity contribution in [3.05, 3.63) is 76.9 Å². The average Bonchev–Trinajstić information content (AvgIpc) is 3.09. The number of hydrogen-bond donors (Lipinski definition) is 2. The summed E-state index contributed by atoms with van der Waals surface area (Å²) >= 11 is 0. The maximum absolute atomic E-state index is 12.4. The van der Waals surface area contributed by atoms with Crippen molar-refractivity contribution in [3.63, 3.8) is 0 Å². The average molecular weight is 276 g/mol. The van der Waals surface area contributed by atoms with E-state index in [0.29, 0.717) is 6.54 Å². The molecule has 1 heterocycles. The molecule has 0 saturated carbocycles. The minimum atomic E-state index is -0.848. The highest BCUT2D eigenvalue weighted by atomic mass is 16.1. The Bertz CT molecular complexity index is 765. The van der Waals surface area contributed by atoms with Crippen LogP contribution in [0.4, 0.5) is 0 Å². The number of fused-ring (bicyclic) bond motifs is 2. The standard InChI is InChI=1S/C18H16N2O/c19-17(21)18(15-8-4-2-6-13(15)11-20-18)16-10-9-12-5-1-3-7-14(12)16/h1-10,16,20H,11H2,(H2,19,21). The third-order valence-electron chi connectivity index (χ3n) is 4.65. The zero-order chi connectivity index (χ0) is 14.4. The Labute approximate surface area is 123 Å². The van der Waals surface area contributed by atoms with Gasteiger partial charge < -0.3 is 5.73 Å². The Hall–Kier alpha value is -2.39. The van der Waals surface area contributed by atoms with Gasteiger partial charge in [0, 0.05) is 12.5 Å². The second-order valence-corrected chi connectivity index (χ2v) is 5.65. The Kier molecular flexibility index (Phi) is 2.53. The van der Waals surface area contributed by atoms with Gasteiger partial charge in [-0.2, -0.15) is 0 Å². The molecule has 0 spiro atoms. The number of benzene rings is 2. The lowest BCUT2D eigenvalue weighted by Gasteiger charge is -2.33. The molecule has 104 valence electrons. The van der Waals surface area contributed by atoms with Crippen LogP contribution < -0.4 is 11.1 Å². The van der Waals surface area contributed by atoms with E-state index in [9.17, 15) is 4.79 Å². The minimum absolute atomic E-state index is 0.0603. The van der Waals surface area contributed by atoms with E-state index in [-0.39, 0.29) is 11.8 Å². The smallest absolute Gasteiger partial charge is 0.243 e. The number of primary amides is 1. The molecule has 3 nitrogen and oxygen atoms in total. The van der Waals surface area contributed by atoms with Crippen molar-refractivity contribution >= 4 is 12.0 Å². The quantitative estimate of drug-likeness (QED) is 0.884. The van der Waals surface area contributed by atoms with Gasteiger partial charge >= 0.3 is 0 Å². The van der Waals surface area contributed by atoms with Crippen LogP contribution in [0.3, 0.4) is 0 Å². The van der Waals surface area contributed by atoms with Crippen LogP contribution in [0.1, 0.15) is 28.2 Å². The Balaban J connectivity index is 1.93. The minimum Gasteiger partial charge on any atom is -0.368 e. The van der Waals surface area contributed by atoms with Crippen molar-refractivity contribution in [1.29, 1.82) is 0 Å². The van der Waals surface area contributed by atoms with Crippen molar-refractivity contribution in [1.82, 2.24) is 5.32 Å². The van der Waals surface area contributed by atoms with Gasteiger partial charge in [0.15, 0.2) is 0 Å². The maximum atomic E-state index is 12.4. The molecule has 1 aliphatic carbocycles. The number of nitrogens with one attached hydrogen (secondary N) is 1. The lowest BCUT2D eigenvalue weighted by molar-refractivity contribution is -0.125. The predicted molar refractivity (Wildman–Crippen MR) is 82.4 cm³/mol. The highest BCUT2D eigenvalue weighted by Crippen LogP contribution is 2.46. The van der Waals surface area contributed by atoms with Crippen LogP contribution in [-0.2, 0) is 16.9 Å². The molecule has 2 aromatic rings. The van der Waals surface area contributed by atoms with Gasteiger partial charge in [0.05, 0.1) is 0 Å². The van der Waals surface area contributed by atoms with Gasteiger partial charge in [-0.05, 0) is 22.3 Å². The fourth-order valence-electron chi connectivity index (χ4n) is 3.67. The first kappa shape index (κ1) is 12.4. The SMILES string of the molecule is NC(=O)C1(C2C=Cc3ccccc32)NCc2ccccc21. The monoisotopic (exact) mass is 276 g/mol. The molecule has 0 radical (unpaired) electrons. The fraction of sp³-hybridized carbons (Fsp3) is 0.167. The van der Waals surface area contributed by atoms with E-state index in [1.165, 1.54) is 0 Å². The molecule has 2 atom stereocenters. The van der Waals surface area contributed by atoms with Crippen LogP contribution in [0.15, 0.2) is 54.6 Å². The number of rotatable bonds is 2. The van der Waals surface area contributed by atoms with Crippen LogP contribution >= 0.6 is 0 Å². The molecule has 2 aromatic carbocycles. The molecule has 1 aliphatic heterocycles. The molecule has 1 amide bonds. The number of carbonyl (C=O) groups excluding carboxylic acids is 1. The lowest BCUT2D eigenvalue weighted by Crippen LogP contribution is -2.52. The topological polar surface area (TPSA) is 55.1 Å². The molecule has 3 N–H and O–H groups in total. The number of hydrogen-bond acceptors (Lipinski definition) is 2. The van der Waals surface area contributed by atoms with E-state index in [0.717, 1.165) is 22.3 Å². The predicted octanol–water partition coefficient (Wildman–Crippen LogP) is 2.28. The van der Waals surface area contributed by atoms with Crippen LogP contribution in [0.2, 0.25) is 0 Å². The lowest BCUT2D eigenvalue weighted by atomic mass is 9.75. The van der Waals surface area contributed by atoms with Crippen molar-refractivity contribution < 1.29 is 4.79 Å². The molecular formula is C18H16N2O. The first-order valence-corrected chi connectivity index (χ1v) is 7.14. The van der Waals surface area contributed by atoms with Gasteiger partial charge in [-0.25, -0.2) is 0 Å². The Morgan fingerprint density at radius 3 is 2.76 bits per heavy atom. The summed E-state index contributed by atoms with van der Waals surface area (Å²) in [5, 5.41) is 3.39. The van der Waals surface area contributed by atoms with Gasteiger partial charge in [-0.1, -0.05) is 60.7 Å². The van der Waals surface area contributed by atoms with Gasteiger partial charge in [-0.15, -0.1) is 0 Å². The highest BCUT2D eigenvalue weighted by Gasteiger charge is 2.50. The van der Waals surface area contributed by atoms with Gasteiger partial charge in [0.1, 0.15) is 5.54 Å². The van der Waals surface area contributed by atoms with Gasteiger partial charge in [0.2, 0.25) is 5.91 Å². The summed E-state index contributed by atoms with van der Waals surface area (Å²) in [6, 6.07) is 16.2. The Morgan fingerprint density at radius 2 is 1.90 bits per heavy atom. The van der Waals surface area contributed by atoms with Gasteiger partial charge in [-0.3, -0.25) is 10.1 Å². The maximum Gasteiger partial charge on any atom is 0.243 e. The normalized spacial score (nSPS) is 25.6. The third kappa shape index (κ3) is 1.55. The van der Waals surface area contributed by atoms with Crippen LogP contribution in [0.5, 0.6) is 0 Å². The van der Waals surface area contributed by atoms with Crippen molar-refractivity contribution in [2.24, 2.45) is 5.73 Å². The molecule has 4 rings (SSSR count). The van der Waals surface area contributed by atoms with E-state index >= 15 is 0 Å². The van der Waals surface area contributed by atoms with E-state index in [4.69, 9.17) is 5.73 Å². The first-order chi connectivity index (χ1) is 10.2. The number of amides is 1. The van der Waals surface area contributed by atoms with Crippen molar-refractivity contribution in [3.8, 4) is 0 Å². The summed E-state index contributed by atoms with van der Waals surface area (Å²) in [6.45, 7) is 0.672. The summed E-state index contributed by atoms with van der Waals surface area (Å²) in [5.41, 5.74) is 9.47. The van der Waals surface area contributed by atoms with Crippen molar-refractivity contribution in [2.45, 2.75) is 18.0 Å². The van der Waals surface area contributed by atoms with Gasteiger partial charge in [0.25, 0.3) is 0 Å². The summed E-state index contributed by atoms with van der Waals surface area (Å²) < 4.78 is 0. The molecule has 21 heavy (non-hydrogen) atoms. The molecule has 2 aliphatic rings. The first-order valence-electron chi connectivity index (χ1n) is 7.14. The largest absolute Gasteiger partial charge is 0.368 e. The molecule has 0 fully saturated rings. The van der Waals surface area contributed by atoms with Crippen LogP contribution in [-0.4, -0.2) is 5.91 Å². The van der Waals surface area contributed by atoms with Crippen LogP contribution in [0, 0.1) is 0 Å². The third-order valence-corrected chi connectivity index (χ3v) is 4.65. The van der Waals surface area contributed by atoms with Crippen molar-refractivity contribution in [2.75, 3.05) is 0 Å². The summed E-state index contributed by atoms with van der Waals surface area (Å²) in [7, 11) is 0. The second kappa shape index (κ2) is 4.30. The fourth-order valence-corrected chi connectivity index (χ4v) is 3.67. The summed E-state index contributed by atoms with van der Waals surface area (Å²) in [6.07, 6.45) is 4.16. The van der Waals surface area contributed by atoms with E-state index < -0.39 is 5.54 Å². The molecule has 2 unspecified atom stereocenters. The second-order valence-electron chi connectivity index (χ2n) is 5.65. The van der Waals surface area contributed by atoms with Crippen LogP contribution in [0.25, 0.3) is 6.08 Å². The molecule has 3 heteroatoms. The molecule has 0 aromatic heterocycles. The zero-order valence-corrected chi connectivity index (χ0v) is 11.5. The summed E-state index contributed by atoms with van der Waals surface area (Å²) in [4.78, 5) is 12.4.